The predicted molar refractivity (Wildman–Crippen MR) is 95.2 cm³/mol. The number of amides is 1. The molecule has 0 saturated heterocycles. The van der Waals surface area contributed by atoms with Gasteiger partial charge in [-0.05, 0) is 18.6 Å². The summed E-state index contributed by atoms with van der Waals surface area (Å²) in [6.45, 7) is 2.56. The first kappa shape index (κ1) is 20.7. The molecular formula is C17H28N4O4. The first-order valence-electron chi connectivity index (χ1n) is 8.49. The van der Waals surface area contributed by atoms with E-state index in [0.29, 0.717) is 6.54 Å². The number of amidine groups is 1. The number of nitrogens with one attached hydrogen (secondary N) is 2. The first-order valence-corrected chi connectivity index (χ1v) is 8.49. The summed E-state index contributed by atoms with van der Waals surface area (Å²) in [5.41, 5.74) is 7.95. The minimum atomic E-state index is -1.65. The van der Waals surface area contributed by atoms with Crippen molar-refractivity contribution < 1.29 is 20.1 Å². The number of nitrogens with two attached hydrogens (primary N) is 1. The van der Waals surface area contributed by atoms with Crippen LogP contribution >= 0.6 is 0 Å². The van der Waals surface area contributed by atoms with Gasteiger partial charge in [-0.15, -0.1) is 0 Å². The number of hydrazine groups is 1. The summed E-state index contributed by atoms with van der Waals surface area (Å²) >= 11 is 0. The molecule has 25 heavy (non-hydrogen) atoms. The predicted octanol–water partition coefficient (Wildman–Crippen LogP) is 1.66. The molecule has 0 aliphatic heterocycles. The van der Waals surface area contributed by atoms with Crippen LogP contribution in [0, 0.1) is 5.41 Å². The number of nitrogens with zero attached hydrogens (tertiary/aromatic N) is 1. The van der Waals surface area contributed by atoms with Crippen LogP contribution in [-0.2, 0) is 0 Å². The number of hydrogen-bond donors (Lipinski definition) is 6. The fourth-order valence-corrected chi connectivity index (χ4v) is 2.34. The van der Waals surface area contributed by atoms with Crippen LogP contribution in [0.25, 0.3) is 0 Å². The van der Waals surface area contributed by atoms with Crippen molar-refractivity contribution in [2.75, 3.05) is 6.54 Å². The first-order chi connectivity index (χ1) is 11.9. The Morgan fingerprint density at radius 3 is 2.48 bits per heavy atom. The number of aromatic hydroxyl groups is 2. The second kappa shape index (κ2) is 10.5. The molecule has 0 aromatic heterocycles. The largest absolute Gasteiger partial charge is 0.508 e. The van der Waals surface area contributed by atoms with Crippen LogP contribution in [0.15, 0.2) is 18.2 Å². The number of aliphatic hydroxyl groups is 1. The lowest BCUT2D eigenvalue weighted by Gasteiger charge is -2.28. The van der Waals surface area contributed by atoms with Crippen LogP contribution in [-0.4, -0.2) is 44.8 Å². The number of carbonyl (C=O) groups excluding carboxylic acids is 1. The molecule has 1 amide bonds. The third-order valence-corrected chi connectivity index (χ3v) is 3.77. The molecule has 0 aliphatic carbocycles. The molecule has 8 nitrogen and oxygen atoms in total. The van der Waals surface area contributed by atoms with Crippen molar-refractivity contribution in [2.45, 2.75) is 51.7 Å². The van der Waals surface area contributed by atoms with Crippen LogP contribution < -0.4 is 11.2 Å². The molecule has 1 atom stereocenters. The van der Waals surface area contributed by atoms with Gasteiger partial charge in [-0.1, -0.05) is 39.0 Å². The molecule has 7 N–H and O–H groups in total. The highest BCUT2D eigenvalue weighted by Crippen LogP contribution is 2.24. The summed E-state index contributed by atoms with van der Waals surface area (Å²) in [6.07, 6.45) is 4.74. The van der Waals surface area contributed by atoms with Gasteiger partial charge in [0, 0.05) is 12.6 Å². The molecule has 1 aromatic carbocycles. The van der Waals surface area contributed by atoms with Gasteiger partial charge in [-0.25, -0.2) is 10.4 Å². The molecule has 0 fully saturated rings. The van der Waals surface area contributed by atoms with Crippen molar-refractivity contribution in [3.8, 4) is 11.5 Å². The van der Waals surface area contributed by atoms with E-state index in [0.717, 1.165) is 36.8 Å². The standard InChI is InChI=1S/C17H28N4O4/c1-2-3-4-5-6-7-10-20-21(17(25)15(18)19)16(24)13-9-8-12(22)11-14(13)23/h8-9,11,17,20,22-23,25H,2-7,10H2,1H3,(H3,18,19). The molecule has 0 radical (unpaired) electrons. The van der Waals surface area contributed by atoms with E-state index in [1.165, 1.54) is 25.0 Å². The summed E-state index contributed by atoms with van der Waals surface area (Å²) in [6, 6.07) is 3.51. The number of aliphatic hydroxyl groups excluding tert-OH is 1. The molecule has 0 aliphatic rings. The number of unbranched alkanes of at least 4 members (excludes halogenated alkanes) is 5. The monoisotopic (exact) mass is 352 g/mol. The van der Waals surface area contributed by atoms with E-state index in [1.807, 2.05) is 0 Å². The van der Waals surface area contributed by atoms with Crippen molar-refractivity contribution in [3.05, 3.63) is 23.8 Å². The Morgan fingerprint density at radius 1 is 1.24 bits per heavy atom. The maximum Gasteiger partial charge on any atom is 0.274 e. The number of hydrogen-bond acceptors (Lipinski definition) is 6. The van der Waals surface area contributed by atoms with Crippen LogP contribution in [0.1, 0.15) is 55.8 Å². The van der Waals surface area contributed by atoms with Crippen molar-refractivity contribution in [1.82, 2.24) is 10.4 Å². The molecule has 0 spiro atoms. The average Bonchev–Trinajstić information content (AvgIpc) is 2.56. The second-order valence-corrected chi connectivity index (χ2v) is 5.88. The molecule has 1 aromatic rings. The van der Waals surface area contributed by atoms with Crippen molar-refractivity contribution in [3.63, 3.8) is 0 Å². The highest BCUT2D eigenvalue weighted by atomic mass is 16.3. The highest BCUT2D eigenvalue weighted by Gasteiger charge is 2.27. The normalized spacial score (nSPS) is 11.9. The van der Waals surface area contributed by atoms with E-state index in [9.17, 15) is 20.1 Å². The topological polar surface area (TPSA) is 143 Å². The van der Waals surface area contributed by atoms with Gasteiger partial charge in [-0.3, -0.25) is 10.2 Å². The van der Waals surface area contributed by atoms with Gasteiger partial charge in [0.15, 0.2) is 0 Å². The molecule has 140 valence electrons. The molecule has 0 bridgehead atoms. The fraction of sp³-hybridized carbons (Fsp3) is 0.529. The maximum atomic E-state index is 12.5. The Hall–Kier alpha value is -2.32. The zero-order valence-electron chi connectivity index (χ0n) is 14.5. The molecule has 0 heterocycles. The third-order valence-electron chi connectivity index (χ3n) is 3.77. The van der Waals surface area contributed by atoms with Crippen molar-refractivity contribution in [2.24, 2.45) is 5.73 Å². The smallest absolute Gasteiger partial charge is 0.274 e. The quantitative estimate of drug-likeness (QED) is 0.117. The zero-order chi connectivity index (χ0) is 18.8. The van der Waals surface area contributed by atoms with Gasteiger partial charge in [0.05, 0.1) is 5.56 Å². The fourth-order valence-electron chi connectivity index (χ4n) is 2.34. The van der Waals surface area contributed by atoms with Gasteiger partial charge in [-0.2, -0.15) is 0 Å². The average molecular weight is 352 g/mol. The zero-order valence-corrected chi connectivity index (χ0v) is 14.5. The van der Waals surface area contributed by atoms with E-state index in [-0.39, 0.29) is 11.3 Å². The van der Waals surface area contributed by atoms with E-state index in [4.69, 9.17) is 11.1 Å². The molecule has 1 rings (SSSR count). The van der Waals surface area contributed by atoms with Crippen LogP contribution in [0.4, 0.5) is 0 Å². The number of phenols is 2. The van der Waals surface area contributed by atoms with Crippen LogP contribution in [0.5, 0.6) is 11.5 Å². The Balaban J connectivity index is 2.70. The second-order valence-electron chi connectivity index (χ2n) is 5.88. The van der Waals surface area contributed by atoms with E-state index < -0.39 is 23.7 Å². The maximum absolute atomic E-state index is 12.5. The number of benzene rings is 1. The van der Waals surface area contributed by atoms with E-state index in [1.54, 1.807) is 0 Å². The van der Waals surface area contributed by atoms with Crippen LogP contribution in [0.3, 0.4) is 0 Å². The number of phenolic OH excluding ortho intramolecular Hbond substituents is 2. The molecule has 8 heteroatoms. The lowest BCUT2D eigenvalue weighted by atomic mass is 10.1. The summed E-state index contributed by atoms with van der Waals surface area (Å²) in [7, 11) is 0. The lowest BCUT2D eigenvalue weighted by molar-refractivity contribution is 0.0141. The third kappa shape index (κ3) is 6.60. The summed E-state index contributed by atoms with van der Waals surface area (Å²) < 4.78 is 0. The summed E-state index contributed by atoms with van der Waals surface area (Å²) in [4.78, 5) is 12.5. The Labute approximate surface area is 147 Å². The number of carbonyl (C=O) groups is 1. The Bertz CT molecular complexity index is 580. The SMILES string of the molecule is CCCCCCCCNN(C(=O)c1ccc(O)cc1O)C(O)C(=N)N. The molecule has 1 unspecified atom stereocenters. The van der Waals surface area contributed by atoms with Gasteiger partial charge >= 0.3 is 0 Å². The van der Waals surface area contributed by atoms with Crippen LogP contribution in [0.2, 0.25) is 0 Å². The molecular weight excluding hydrogens is 324 g/mol. The molecule has 0 saturated carbocycles. The summed E-state index contributed by atoms with van der Waals surface area (Å²) in [5, 5.41) is 37.3. The van der Waals surface area contributed by atoms with Gasteiger partial charge in [0.25, 0.3) is 5.91 Å². The minimum Gasteiger partial charge on any atom is -0.508 e. The Morgan fingerprint density at radius 2 is 1.88 bits per heavy atom. The number of rotatable bonds is 11. The van der Waals surface area contributed by atoms with Gasteiger partial charge < -0.3 is 21.1 Å². The summed E-state index contributed by atoms with van der Waals surface area (Å²) in [5.74, 6) is -1.95. The Kier molecular flexibility index (Phi) is 8.73. The van der Waals surface area contributed by atoms with Gasteiger partial charge in [0.1, 0.15) is 17.3 Å². The van der Waals surface area contributed by atoms with Crippen molar-refractivity contribution in [1.29, 1.82) is 5.41 Å². The lowest BCUT2D eigenvalue weighted by Crippen LogP contribution is -2.54. The minimum absolute atomic E-state index is 0.117. The van der Waals surface area contributed by atoms with E-state index in [2.05, 4.69) is 12.3 Å². The van der Waals surface area contributed by atoms with Gasteiger partial charge in [0.2, 0.25) is 6.23 Å². The highest BCUT2D eigenvalue weighted by molar-refractivity contribution is 5.99. The van der Waals surface area contributed by atoms with Crippen molar-refractivity contribution >= 4 is 11.7 Å². The van der Waals surface area contributed by atoms with E-state index >= 15 is 0 Å².